The summed E-state index contributed by atoms with van der Waals surface area (Å²) < 4.78 is 7.49. The fraction of sp³-hybridized carbons (Fsp3) is 0.500. The number of likely N-dealkylation sites (tertiary alicyclic amines) is 1. The third-order valence-electron chi connectivity index (χ3n) is 8.30. The van der Waals surface area contributed by atoms with E-state index in [0.717, 1.165) is 12.0 Å². The summed E-state index contributed by atoms with van der Waals surface area (Å²) in [6, 6.07) is 7.37. The average Bonchev–Trinajstić information content (AvgIpc) is 3.28. The number of nitrogens with zero attached hydrogens (tertiary/aromatic N) is 4. The zero-order chi connectivity index (χ0) is 27.9. The molecule has 39 heavy (non-hydrogen) atoms. The standard InChI is InChI=1S/C28H36N6O5/c1-5-28(9-12-32(13-10-28)27(37)38)34-22-8-11-29-25(35)23(22)24(31-34)30-20-6-7-21(17(2)14-20)26(36)33-18(3)15-39-16-19(33)4/h6-8,11,14,18-19H,5,9-10,12-13,15-16H2,1-4H3,(H,29,35)(H,30,31)(H,37,38). The Balaban J connectivity index is 1.47. The van der Waals surface area contributed by atoms with E-state index in [4.69, 9.17) is 9.84 Å². The van der Waals surface area contributed by atoms with Crippen LogP contribution >= 0.6 is 0 Å². The Kier molecular flexibility index (Phi) is 7.11. The molecule has 4 heterocycles. The fourth-order valence-corrected chi connectivity index (χ4v) is 6.02. The van der Waals surface area contributed by atoms with Crippen LogP contribution in [0.25, 0.3) is 10.9 Å². The predicted molar refractivity (Wildman–Crippen MR) is 148 cm³/mol. The van der Waals surface area contributed by atoms with Gasteiger partial charge in [0, 0.05) is 30.5 Å². The van der Waals surface area contributed by atoms with Crippen LogP contribution in [0.5, 0.6) is 0 Å². The molecule has 11 nitrogen and oxygen atoms in total. The van der Waals surface area contributed by atoms with Gasteiger partial charge in [-0.25, -0.2) is 4.79 Å². The van der Waals surface area contributed by atoms with Crippen LogP contribution < -0.4 is 10.9 Å². The molecule has 11 heteroatoms. The Bertz CT molecular complexity index is 1440. The van der Waals surface area contributed by atoms with Gasteiger partial charge in [0.15, 0.2) is 5.82 Å². The number of piperidine rings is 1. The number of anilines is 2. The second-order valence-electron chi connectivity index (χ2n) is 10.8. The summed E-state index contributed by atoms with van der Waals surface area (Å²) in [7, 11) is 0. The van der Waals surface area contributed by atoms with E-state index in [2.05, 4.69) is 17.2 Å². The SMILES string of the molecule is CCC1(n2nc(Nc3ccc(C(=O)N4C(C)COCC4C)c(C)c3)c3c(=O)[nH]ccc32)CCN(C(=O)O)CC1. The number of hydrogen-bond acceptors (Lipinski definition) is 6. The minimum Gasteiger partial charge on any atom is -0.465 e. The van der Waals surface area contributed by atoms with Crippen LogP contribution in [0.3, 0.4) is 0 Å². The molecule has 208 valence electrons. The lowest BCUT2D eigenvalue weighted by Gasteiger charge is -2.41. The maximum absolute atomic E-state index is 13.4. The van der Waals surface area contributed by atoms with Crippen molar-refractivity contribution < 1.29 is 19.4 Å². The van der Waals surface area contributed by atoms with E-state index in [0.29, 0.717) is 67.1 Å². The first-order valence-corrected chi connectivity index (χ1v) is 13.5. The Hall–Kier alpha value is -3.86. The number of morpholine rings is 1. The second kappa shape index (κ2) is 10.4. The normalized spacial score (nSPS) is 21.2. The number of rotatable bonds is 5. The highest BCUT2D eigenvalue weighted by Crippen LogP contribution is 2.37. The number of H-pyrrole nitrogens is 1. The van der Waals surface area contributed by atoms with Crippen LogP contribution in [0, 0.1) is 6.92 Å². The van der Waals surface area contributed by atoms with Crippen molar-refractivity contribution in [2.75, 3.05) is 31.6 Å². The molecule has 0 aliphatic carbocycles. The molecule has 2 aliphatic heterocycles. The van der Waals surface area contributed by atoms with Crippen molar-refractivity contribution >= 4 is 34.4 Å². The smallest absolute Gasteiger partial charge is 0.407 e. The van der Waals surface area contributed by atoms with Crippen LogP contribution in [0.2, 0.25) is 0 Å². The minimum atomic E-state index is -0.918. The van der Waals surface area contributed by atoms with Gasteiger partial charge in [0.1, 0.15) is 5.39 Å². The largest absolute Gasteiger partial charge is 0.465 e. The zero-order valence-electron chi connectivity index (χ0n) is 22.9. The molecule has 2 unspecified atom stereocenters. The van der Waals surface area contributed by atoms with Gasteiger partial charge >= 0.3 is 6.09 Å². The summed E-state index contributed by atoms with van der Waals surface area (Å²) in [6.07, 6.45) is 2.65. The van der Waals surface area contributed by atoms with E-state index in [1.165, 1.54) is 4.90 Å². The number of aromatic nitrogens is 3. The molecule has 3 N–H and O–H groups in total. The van der Waals surface area contributed by atoms with E-state index in [1.807, 2.05) is 54.6 Å². The molecule has 2 aliphatic rings. The van der Waals surface area contributed by atoms with Gasteiger partial charge in [-0.2, -0.15) is 5.10 Å². The van der Waals surface area contributed by atoms with E-state index in [-0.39, 0.29) is 23.6 Å². The van der Waals surface area contributed by atoms with Gasteiger partial charge in [-0.3, -0.25) is 14.3 Å². The number of nitrogens with one attached hydrogen (secondary N) is 2. The number of hydrogen-bond donors (Lipinski definition) is 3. The van der Waals surface area contributed by atoms with Crippen LogP contribution in [0.4, 0.5) is 16.3 Å². The first-order valence-electron chi connectivity index (χ1n) is 13.5. The quantitative estimate of drug-likeness (QED) is 0.450. The molecule has 0 saturated carbocycles. The van der Waals surface area contributed by atoms with Gasteiger partial charge in [-0.1, -0.05) is 6.92 Å². The maximum atomic E-state index is 13.4. The number of carboxylic acid groups (broad SMARTS) is 1. The highest BCUT2D eigenvalue weighted by molar-refractivity contribution is 5.97. The van der Waals surface area contributed by atoms with Crippen molar-refractivity contribution in [3.8, 4) is 0 Å². The number of fused-ring (bicyclic) bond motifs is 1. The lowest BCUT2D eigenvalue weighted by molar-refractivity contribution is -0.0249. The van der Waals surface area contributed by atoms with Crippen molar-refractivity contribution in [3.05, 3.63) is 51.9 Å². The summed E-state index contributed by atoms with van der Waals surface area (Å²) in [6.45, 7) is 9.81. The molecular weight excluding hydrogens is 500 g/mol. The first kappa shape index (κ1) is 26.7. The first-order chi connectivity index (χ1) is 18.6. The molecular formula is C28H36N6O5. The van der Waals surface area contributed by atoms with Crippen molar-refractivity contribution in [2.24, 2.45) is 0 Å². The number of pyridine rings is 1. The number of ether oxygens (including phenoxy) is 1. The van der Waals surface area contributed by atoms with Crippen molar-refractivity contribution in [3.63, 3.8) is 0 Å². The number of amides is 2. The van der Waals surface area contributed by atoms with E-state index in [1.54, 1.807) is 6.20 Å². The molecule has 2 amide bonds. The Morgan fingerprint density at radius 1 is 1.18 bits per heavy atom. The average molecular weight is 537 g/mol. The minimum absolute atomic E-state index is 0.00578. The summed E-state index contributed by atoms with van der Waals surface area (Å²) in [5.74, 6) is 0.403. The van der Waals surface area contributed by atoms with Gasteiger partial charge in [0.25, 0.3) is 11.5 Å². The molecule has 3 aromatic rings. The van der Waals surface area contributed by atoms with E-state index in [9.17, 15) is 19.5 Å². The number of benzene rings is 1. The van der Waals surface area contributed by atoms with Crippen LogP contribution in [0.1, 0.15) is 56.0 Å². The maximum Gasteiger partial charge on any atom is 0.407 e. The molecule has 0 spiro atoms. The van der Waals surface area contributed by atoms with Crippen LogP contribution in [-0.4, -0.2) is 80.1 Å². The third kappa shape index (κ3) is 4.75. The molecule has 5 rings (SSSR count). The number of carbonyl (C=O) groups is 2. The summed E-state index contributed by atoms with van der Waals surface area (Å²) in [5, 5.41) is 18.1. The predicted octanol–water partition coefficient (Wildman–Crippen LogP) is 3.91. The van der Waals surface area contributed by atoms with Gasteiger partial charge in [-0.05, 0) is 69.9 Å². The Labute approximate surface area is 226 Å². The fourth-order valence-electron chi connectivity index (χ4n) is 6.02. The van der Waals surface area contributed by atoms with Gasteiger partial charge in [0.2, 0.25) is 0 Å². The van der Waals surface area contributed by atoms with Crippen molar-refractivity contribution in [2.45, 2.75) is 64.6 Å². The van der Waals surface area contributed by atoms with E-state index >= 15 is 0 Å². The Morgan fingerprint density at radius 2 is 1.87 bits per heavy atom. The highest BCUT2D eigenvalue weighted by Gasteiger charge is 2.39. The zero-order valence-corrected chi connectivity index (χ0v) is 22.9. The molecule has 2 atom stereocenters. The summed E-state index contributed by atoms with van der Waals surface area (Å²) in [4.78, 5) is 43.9. The van der Waals surface area contributed by atoms with Gasteiger partial charge in [0.05, 0.1) is 36.4 Å². The van der Waals surface area contributed by atoms with Gasteiger partial charge < -0.3 is 29.9 Å². The highest BCUT2D eigenvalue weighted by atomic mass is 16.5. The van der Waals surface area contributed by atoms with Crippen molar-refractivity contribution in [1.82, 2.24) is 24.6 Å². The molecule has 2 saturated heterocycles. The van der Waals surface area contributed by atoms with Crippen LogP contribution in [-0.2, 0) is 10.3 Å². The number of carbonyl (C=O) groups excluding carboxylic acids is 1. The monoisotopic (exact) mass is 536 g/mol. The van der Waals surface area contributed by atoms with Crippen molar-refractivity contribution in [1.29, 1.82) is 0 Å². The topological polar surface area (TPSA) is 133 Å². The molecule has 1 aromatic carbocycles. The number of aryl methyl sites for hydroxylation is 1. The van der Waals surface area contributed by atoms with Crippen LogP contribution in [0.15, 0.2) is 35.3 Å². The second-order valence-corrected chi connectivity index (χ2v) is 10.8. The number of aromatic amines is 1. The molecule has 0 bridgehead atoms. The van der Waals surface area contributed by atoms with Gasteiger partial charge in [-0.15, -0.1) is 0 Å². The lowest BCUT2D eigenvalue weighted by Crippen LogP contribution is -2.52. The summed E-state index contributed by atoms with van der Waals surface area (Å²) in [5.41, 5.74) is 2.20. The summed E-state index contributed by atoms with van der Waals surface area (Å²) >= 11 is 0. The molecule has 2 aromatic heterocycles. The molecule has 2 fully saturated rings. The van der Waals surface area contributed by atoms with E-state index < -0.39 is 11.6 Å². The Morgan fingerprint density at radius 3 is 2.49 bits per heavy atom. The molecule has 0 radical (unpaired) electrons. The third-order valence-corrected chi connectivity index (χ3v) is 8.30. The lowest BCUT2D eigenvalue weighted by atomic mass is 9.85.